The van der Waals surface area contributed by atoms with Crippen molar-refractivity contribution in [2.24, 2.45) is 9.98 Å². The second kappa shape index (κ2) is 11.6. The SMILES string of the molecule is CC(C)(C)c1cc(Cl)cc(C=N[C@@H]2CCCC[C@H]2N=Cc2cc(-c3ccccc3)cc(C(C)(C)C)c2O)c1O. The van der Waals surface area contributed by atoms with Gasteiger partial charge in [0.1, 0.15) is 11.5 Å². The van der Waals surface area contributed by atoms with Gasteiger partial charge in [0.2, 0.25) is 0 Å². The van der Waals surface area contributed by atoms with Gasteiger partial charge in [0.15, 0.2) is 0 Å². The van der Waals surface area contributed by atoms with E-state index in [-0.39, 0.29) is 34.4 Å². The van der Waals surface area contributed by atoms with Crippen molar-refractivity contribution in [2.45, 2.75) is 90.1 Å². The first-order valence-electron chi connectivity index (χ1n) is 13.9. The Hall–Kier alpha value is -3.11. The highest BCUT2D eigenvalue weighted by molar-refractivity contribution is 6.31. The molecule has 1 aliphatic carbocycles. The summed E-state index contributed by atoms with van der Waals surface area (Å²) in [5.41, 5.74) is 4.75. The van der Waals surface area contributed by atoms with Crippen LogP contribution in [0.5, 0.6) is 11.5 Å². The molecule has 0 heterocycles. The highest BCUT2D eigenvalue weighted by Crippen LogP contribution is 2.38. The minimum absolute atomic E-state index is 0.00344. The molecule has 0 aliphatic heterocycles. The first kappa shape index (κ1) is 28.9. The molecule has 1 aliphatic rings. The molecule has 1 saturated carbocycles. The van der Waals surface area contributed by atoms with Crippen LogP contribution in [0.15, 0.2) is 64.6 Å². The topological polar surface area (TPSA) is 65.2 Å². The normalized spacial score (nSPS) is 18.7. The van der Waals surface area contributed by atoms with E-state index in [4.69, 9.17) is 21.6 Å². The fourth-order valence-corrected chi connectivity index (χ4v) is 5.43. The van der Waals surface area contributed by atoms with Crippen LogP contribution in [0.1, 0.15) is 89.5 Å². The average Bonchev–Trinajstić information content (AvgIpc) is 2.88. The van der Waals surface area contributed by atoms with E-state index in [1.165, 1.54) is 0 Å². The maximum Gasteiger partial charge on any atom is 0.128 e. The van der Waals surface area contributed by atoms with Gasteiger partial charge in [-0.25, -0.2) is 0 Å². The summed E-state index contributed by atoms with van der Waals surface area (Å²) in [6, 6.07) is 17.9. The number of phenolic OH excluding ortho intramolecular Hbond substituents is 2. The van der Waals surface area contributed by atoms with Gasteiger partial charge in [-0.3, -0.25) is 9.98 Å². The molecule has 0 saturated heterocycles. The number of aromatic hydroxyl groups is 2. The van der Waals surface area contributed by atoms with Crippen LogP contribution < -0.4 is 0 Å². The molecule has 4 nitrogen and oxygen atoms in total. The summed E-state index contributed by atoms with van der Waals surface area (Å²) in [6.07, 6.45) is 7.61. The van der Waals surface area contributed by atoms with Crippen molar-refractivity contribution in [2.75, 3.05) is 0 Å². The molecule has 4 rings (SSSR count). The average molecular weight is 545 g/mol. The predicted octanol–water partition coefficient (Wildman–Crippen LogP) is 8.86. The predicted molar refractivity (Wildman–Crippen MR) is 165 cm³/mol. The zero-order valence-corrected chi connectivity index (χ0v) is 24.8. The number of aliphatic imine (C=N–C) groups is 2. The van der Waals surface area contributed by atoms with Crippen LogP contribution in [-0.4, -0.2) is 34.7 Å². The summed E-state index contributed by atoms with van der Waals surface area (Å²) in [4.78, 5) is 9.87. The number of nitrogens with zero attached hydrogens (tertiary/aromatic N) is 2. The lowest BCUT2D eigenvalue weighted by molar-refractivity contribution is 0.390. The van der Waals surface area contributed by atoms with Gasteiger partial charge in [-0.2, -0.15) is 0 Å². The second-order valence-corrected chi connectivity index (χ2v) is 13.1. The van der Waals surface area contributed by atoms with Gasteiger partial charge in [-0.1, -0.05) is 96.3 Å². The molecule has 2 atom stereocenters. The number of halogens is 1. The summed E-state index contributed by atoms with van der Waals surface area (Å²) in [5, 5.41) is 22.7. The van der Waals surface area contributed by atoms with Crippen LogP contribution in [-0.2, 0) is 10.8 Å². The Labute approximate surface area is 238 Å². The fraction of sp³-hybridized carbons (Fsp3) is 0.412. The van der Waals surface area contributed by atoms with Crippen molar-refractivity contribution >= 4 is 24.0 Å². The Morgan fingerprint density at radius 3 is 1.69 bits per heavy atom. The summed E-state index contributed by atoms with van der Waals surface area (Å²) in [6.45, 7) is 12.5. The van der Waals surface area contributed by atoms with Gasteiger partial charge in [0.05, 0.1) is 12.1 Å². The van der Waals surface area contributed by atoms with E-state index >= 15 is 0 Å². The van der Waals surface area contributed by atoms with Crippen molar-refractivity contribution in [3.05, 3.63) is 81.9 Å². The Morgan fingerprint density at radius 1 is 0.692 bits per heavy atom. The number of rotatable bonds is 5. The quantitative estimate of drug-likeness (QED) is 0.315. The van der Waals surface area contributed by atoms with Crippen LogP contribution in [0, 0.1) is 0 Å². The van der Waals surface area contributed by atoms with E-state index in [2.05, 4.69) is 59.7 Å². The van der Waals surface area contributed by atoms with Gasteiger partial charge >= 0.3 is 0 Å². The number of phenols is 2. The Balaban J connectivity index is 1.66. The van der Waals surface area contributed by atoms with Gasteiger partial charge < -0.3 is 10.2 Å². The smallest absolute Gasteiger partial charge is 0.128 e. The van der Waals surface area contributed by atoms with Crippen LogP contribution in [0.4, 0.5) is 0 Å². The molecular formula is C34H41ClN2O2. The molecule has 3 aromatic rings. The summed E-state index contributed by atoms with van der Waals surface area (Å²) in [7, 11) is 0. The summed E-state index contributed by atoms with van der Waals surface area (Å²) >= 11 is 6.39. The minimum Gasteiger partial charge on any atom is -0.507 e. The number of hydrogen-bond acceptors (Lipinski definition) is 4. The first-order chi connectivity index (χ1) is 18.3. The van der Waals surface area contributed by atoms with Crippen molar-refractivity contribution in [1.29, 1.82) is 0 Å². The molecule has 0 amide bonds. The standard InChI is InChI=1S/C34H41ClN2O2/c1-33(2,3)27-18-23(22-12-8-7-9-13-22)16-24(31(27)38)20-36-29-14-10-11-15-30(29)37-21-25-17-26(35)19-28(32(25)39)34(4,5)6/h7-9,12-13,16-21,29-30,38-39H,10-11,14-15H2,1-6H3/t29-,30-/m1/s1. The molecule has 206 valence electrons. The molecule has 1 fully saturated rings. The van der Waals surface area contributed by atoms with Crippen molar-refractivity contribution in [1.82, 2.24) is 0 Å². The maximum atomic E-state index is 11.2. The highest BCUT2D eigenvalue weighted by Gasteiger charge is 2.26. The lowest BCUT2D eigenvalue weighted by Gasteiger charge is -2.26. The lowest BCUT2D eigenvalue weighted by Crippen LogP contribution is -2.27. The van der Waals surface area contributed by atoms with Crippen molar-refractivity contribution in [3.8, 4) is 22.6 Å². The summed E-state index contributed by atoms with van der Waals surface area (Å²) < 4.78 is 0. The van der Waals surface area contributed by atoms with Crippen LogP contribution >= 0.6 is 11.6 Å². The van der Waals surface area contributed by atoms with E-state index < -0.39 is 0 Å². The van der Waals surface area contributed by atoms with Crippen LogP contribution in [0.25, 0.3) is 11.1 Å². The van der Waals surface area contributed by atoms with E-state index in [9.17, 15) is 10.2 Å². The minimum atomic E-state index is -0.239. The van der Waals surface area contributed by atoms with Gasteiger partial charge in [0.25, 0.3) is 0 Å². The molecule has 0 radical (unpaired) electrons. The molecule has 3 aromatic carbocycles. The summed E-state index contributed by atoms with van der Waals surface area (Å²) in [5.74, 6) is 0.504. The lowest BCUT2D eigenvalue weighted by atomic mass is 9.83. The monoisotopic (exact) mass is 544 g/mol. The fourth-order valence-electron chi connectivity index (χ4n) is 5.21. The van der Waals surface area contributed by atoms with Gasteiger partial charge in [0, 0.05) is 39.7 Å². The maximum absolute atomic E-state index is 11.2. The molecule has 5 heteroatoms. The van der Waals surface area contributed by atoms with Gasteiger partial charge in [-0.15, -0.1) is 0 Å². The van der Waals surface area contributed by atoms with Gasteiger partial charge in [-0.05, 0) is 59.1 Å². The van der Waals surface area contributed by atoms with Crippen molar-refractivity contribution < 1.29 is 10.2 Å². The third-order valence-corrected chi connectivity index (χ3v) is 7.69. The Bertz CT molecular complexity index is 1360. The van der Waals surface area contributed by atoms with E-state index in [1.807, 2.05) is 36.5 Å². The zero-order valence-electron chi connectivity index (χ0n) is 24.0. The largest absolute Gasteiger partial charge is 0.507 e. The third kappa shape index (κ3) is 6.91. The first-order valence-corrected chi connectivity index (χ1v) is 14.2. The Morgan fingerprint density at radius 2 is 1.18 bits per heavy atom. The Kier molecular flexibility index (Phi) is 8.56. The van der Waals surface area contributed by atoms with E-state index in [1.54, 1.807) is 12.3 Å². The second-order valence-electron chi connectivity index (χ2n) is 12.7. The van der Waals surface area contributed by atoms with Crippen molar-refractivity contribution in [3.63, 3.8) is 0 Å². The number of benzene rings is 3. The molecular weight excluding hydrogens is 504 g/mol. The van der Waals surface area contributed by atoms with Crippen LogP contribution in [0.2, 0.25) is 5.02 Å². The highest BCUT2D eigenvalue weighted by atomic mass is 35.5. The number of hydrogen-bond donors (Lipinski definition) is 2. The van der Waals surface area contributed by atoms with Crippen LogP contribution in [0.3, 0.4) is 0 Å². The molecule has 39 heavy (non-hydrogen) atoms. The molecule has 0 bridgehead atoms. The molecule has 2 N–H and O–H groups in total. The van der Waals surface area contributed by atoms with E-state index in [0.717, 1.165) is 53.5 Å². The van der Waals surface area contributed by atoms with E-state index in [0.29, 0.717) is 10.6 Å². The molecule has 0 unspecified atom stereocenters. The third-order valence-electron chi connectivity index (χ3n) is 7.47. The molecule has 0 aromatic heterocycles. The zero-order chi connectivity index (χ0) is 28.4. The molecule has 0 spiro atoms.